The molecule has 2 atom stereocenters. The van der Waals surface area contributed by atoms with Crippen LogP contribution in [-0.2, 0) is 9.36 Å². The second-order valence-corrected chi connectivity index (χ2v) is 5.52. The Kier molecular flexibility index (Phi) is 6.42. The minimum atomic E-state index is -4.64. The van der Waals surface area contributed by atoms with Crippen molar-refractivity contribution in [3.8, 4) is 0 Å². The SMILES string of the molecule is CC(O)(CCO)C(C(=O)O)C1CC1.O=P(O)(O)O. The summed E-state index contributed by atoms with van der Waals surface area (Å²) in [5.74, 6) is -1.58. The largest absolute Gasteiger partial charge is 0.481 e. The fourth-order valence-electron chi connectivity index (χ4n) is 1.79. The number of carboxylic acid groups (broad SMARTS) is 1. The highest BCUT2D eigenvalue weighted by atomic mass is 31.2. The molecule has 18 heavy (non-hydrogen) atoms. The molecule has 1 saturated carbocycles. The van der Waals surface area contributed by atoms with Crippen LogP contribution < -0.4 is 0 Å². The normalized spacial score (nSPS) is 20.3. The number of carboxylic acids is 1. The third-order valence-corrected chi connectivity index (χ3v) is 2.65. The molecule has 0 saturated heterocycles. The van der Waals surface area contributed by atoms with Crippen molar-refractivity contribution in [1.29, 1.82) is 0 Å². The summed E-state index contributed by atoms with van der Waals surface area (Å²) in [6.07, 6.45) is 1.87. The van der Waals surface area contributed by atoms with Gasteiger partial charge in [-0.1, -0.05) is 0 Å². The summed E-state index contributed by atoms with van der Waals surface area (Å²) in [4.78, 5) is 32.4. The molecule has 1 aliphatic rings. The Morgan fingerprint density at radius 3 is 2.00 bits per heavy atom. The zero-order valence-corrected chi connectivity index (χ0v) is 10.8. The van der Waals surface area contributed by atoms with Gasteiger partial charge in [-0.25, -0.2) is 4.57 Å². The van der Waals surface area contributed by atoms with Gasteiger partial charge in [0.2, 0.25) is 0 Å². The van der Waals surface area contributed by atoms with Gasteiger partial charge in [0.05, 0.1) is 11.5 Å². The third-order valence-electron chi connectivity index (χ3n) is 2.65. The number of aliphatic hydroxyl groups is 2. The molecular weight excluding hydrogens is 267 g/mol. The molecule has 0 radical (unpaired) electrons. The van der Waals surface area contributed by atoms with E-state index in [1.165, 1.54) is 6.92 Å². The lowest BCUT2D eigenvalue weighted by Crippen LogP contribution is -2.41. The minimum absolute atomic E-state index is 0.0963. The maximum Gasteiger partial charge on any atom is 0.466 e. The summed E-state index contributed by atoms with van der Waals surface area (Å²) in [5.41, 5.74) is -1.28. The van der Waals surface area contributed by atoms with E-state index in [2.05, 4.69) is 0 Å². The Labute approximate surface area is 104 Å². The molecule has 1 aliphatic carbocycles. The summed E-state index contributed by atoms with van der Waals surface area (Å²) >= 11 is 0. The van der Waals surface area contributed by atoms with E-state index in [1.54, 1.807) is 0 Å². The molecule has 0 heterocycles. The highest BCUT2D eigenvalue weighted by molar-refractivity contribution is 7.45. The monoisotopic (exact) mass is 286 g/mol. The zero-order valence-electron chi connectivity index (χ0n) is 9.93. The van der Waals surface area contributed by atoms with Gasteiger partial charge in [-0.05, 0) is 32.1 Å². The molecule has 9 heteroatoms. The van der Waals surface area contributed by atoms with Gasteiger partial charge in [0.1, 0.15) is 0 Å². The molecule has 2 unspecified atom stereocenters. The number of hydrogen-bond acceptors (Lipinski definition) is 4. The van der Waals surface area contributed by atoms with E-state index in [0.29, 0.717) is 0 Å². The molecule has 8 nitrogen and oxygen atoms in total. The van der Waals surface area contributed by atoms with Crippen molar-refractivity contribution in [1.82, 2.24) is 0 Å². The van der Waals surface area contributed by atoms with Gasteiger partial charge in [-0.15, -0.1) is 0 Å². The highest BCUT2D eigenvalue weighted by Gasteiger charge is 2.46. The molecule has 0 aromatic carbocycles. The van der Waals surface area contributed by atoms with E-state index >= 15 is 0 Å². The van der Waals surface area contributed by atoms with Gasteiger partial charge in [-0.2, -0.15) is 0 Å². The molecule has 0 aromatic heterocycles. The highest BCUT2D eigenvalue weighted by Crippen LogP contribution is 2.43. The van der Waals surface area contributed by atoms with Crippen molar-refractivity contribution in [3.05, 3.63) is 0 Å². The summed E-state index contributed by atoms with van der Waals surface area (Å²) in [7, 11) is -4.64. The second-order valence-electron chi connectivity index (χ2n) is 4.50. The Morgan fingerprint density at radius 2 is 1.78 bits per heavy atom. The average molecular weight is 286 g/mol. The first kappa shape index (κ1) is 17.5. The smallest absolute Gasteiger partial charge is 0.466 e. The molecule has 0 aromatic rings. The summed E-state index contributed by atoms with van der Waals surface area (Å²) < 4.78 is 8.88. The first-order valence-corrected chi connectivity index (χ1v) is 6.90. The van der Waals surface area contributed by atoms with Crippen LogP contribution in [0.5, 0.6) is 0 Å². The molecule has 0 bridgehead atoms. The molecule has 0 spiro atoms. The van der Waals surface area contributed by atoms with E-state index in [-0.39, 0.29) is 18.9 Å². The zero-order chi connectivity index (χ0) is 14.6. The maximum atomic E-state index is 10.9. The summed E-state index contributed by atoms with van der Waals surface area (Å²) in [6.45, 7) is 1.31. The summed E-state index contributed by atoms with van der Waals surface area (Å²) in [6, 6.07) is 0. The first-order valence-electron chi connectivity index (χ1n) is 5.33. The number of aliphatic carboxylic acids is 1. The lowest BCUT2D eigenvalue weighted by molar-refractivity contribution is -0.153. The van der Waals surface area contributed by atoms with Gasteiger partial charge in [0.15, 0.2) is 0 Å². The van der Waals surface area contributed by atoms with Gasteiger partial charge in [0.25, 0.3) is 0 Å². The van der Waals surface area contributed by atoms with Crippen LogP contribution in [0.15, 0.2) is 0 Å². The van der Waals surface area contributed by atoms with Crippen LogP contribution in [0.4, 0.5) is 0 Å². The fourth-order valence-corrected chi connectivity index (χ4v) is 1.79. The van der Waals surface area contributed by atoms with Crippen LogP contribution in [0.1, 0.15) is 26.2 Å². The second kappa shape index (κ2) is 6.60. The first-order chi connectivity index (χ1) is 7.99. The Bertz CT molecular complexity index is 310. The Hall–Kier alpha value is -0.500. The molecule has 1 fully saturated rings. The molecule has 0 amide bonds. The van der Waals surface area contributed by atoms with Crippen molar-refractivity contribution in [2.45, 2.75) is 31.8 Å². The van der Waals surface area contributed by atoms with Crippen LogP contribution >= 0.6 is 7.82 Å². The van der Waals surface area contributed by atoms with Crippen LogP contribution in [0, 0.1) is 11.8 Å². The molecule has 0 aliphatic heterocycles. The standard InChI is InChI=1S/C9H16O4.H3O4P/c1-9(13,4-5-10)7(8(11)12)6-2-3-6;1-5(2,3)4/h6-7,10,13H,2-5H2,1H3,(H,11,12);(H3,1,2,3,4). The van der Waals surface area contributed by atoms with E-state index in [1.807, 2.05) is 0 Å². The lowest BCUT2D eigenvalue weighted by Gasteiger charge is -2.29. The molecule has 6 N–H and O–H groups in total. The topological polar surface area (TPSA) is 156 Å². The number of rotatable bonds is 5. The molecular formula is C9H19O8P. The van der Waals surface area contributed by atoms with Crippen LogP contribution in [0.25, 0.3) is 0 Å². The minimum Gasteiger partial charge on any atom is -0.481 e. The van der Waals surface area contributed by atoms with Crippen LogP contribution in [0.2, 0.25) is 0 Å². The van der Waals surface area contributed by atoms with E-state index in [0.717, 1.165) is 12.8 Å². The van der Waals surface area contributed by atoms with E-state index < -0.39 is 25.3 Å². The van der Waals surface area contributed by atoms with Crippen molar-refractivity contribution in [2.24, 2.45) is 11.8 Å². The van der Waals surface area contributed by atoms with Crippen molar-refractivity contribution >= 4 is 13.8 Å². The number of hydrogen-bond donors (Lipinski definition) is 6. The van der Waals surface area contributed by atoms with E-state index in [4.69, 9.17) is 29.5 Å². The molecule has 108 valence electrons. The van der Waals surface area contributed by atoms with Crippen molar-refractivity contribution < 1.29 is 39.4 Å². The molecule has 1 rings (SSSR count). The fraction of sp³-hybridized carbons (Fsp3) is 0.889. The Morgan fingerprint density at radius 1 is 1.39 bits per heavy atom. The quantitative estimate of drug-likeness (QED) is 0.362. The average Bonchev–Trinajstić information content (AvgIpc) is 2.82. The van der Waals surface area contributed by atoms with Gasteiger partial charge in [-0.3, -0.25) is 4.79 Å². The number of aliphatic hydroxyl groups excluding tert-OH is 1. The van der Waals surface area contributed by atoms with Gasteiger partial charge in [0, 0.05) is 6.61 Å². The van der Waals surface area contributed by atoms with Crippen molar-refractivity contribution in [2.75, 3.05) is 6.61 Å². The number of phosphoric acid groups is 1. The summed E-state index contributed by atoms with van der Waals surface area (Å²) in [5, 5.41) is 27.4. The Balaban J connectivity index is 0.000000494. The van der Waals surface area contributed by atoms with Crippen LogP contribution in [0.3, 0.4) is 0 Å². The predicted molar refractivity (Wildman–Crippen MR) is 60.4 cm³/mol. The van der Waals surface area contributed by atoms with E-state index in [9.17, 15) is 9.90 Å². The van der Waals surface area contributed by atoms with Crippen LogP contribution in [-0.4, -0.2) is 48.2 Å². The van der Waals surface area contributed by atoms with Gasteiger partial charge < -0.3 is 30.0 Å². The van der Waals surface area contributed by atoms with Crippen molar-refractivity contribution in [3.63, 3.8) is 0 Å². The maximum absolute atomic E-state index is 10.9. The third kappa shape index (κ3) is 7.75. The number of carbonyl (C=O) groups is 1. The lowest BCUT2D eigenvalue weighted by atomic mass is 9.83. The van der Waals surface area contributed by atoms with Gasteiger partial charge >= 0.3 is 13.8 Å². The predicted octanol–water partition coefficient (Wildman–Crippen LogP) is -0.698.